The fourth-order valence-electron chi connectivity index (χ4n) is 2.52. The molecule has 144 valence electrons. The molecule has 0 aliphatic carbocycles. The van der Waals surface area contributed by atoms with E-state index in [0.29, 0.717) is 23.0 Å². The number of hydrogen-bond donors (Lipinski definition) is 1. The number of carbonyl (C=O) groups is 3. The molecule has 0 atom stereocenters. The van der Waals surface area contributed by atoms with Crippen LogP contribution in [0, 0.1) is 0 Å². The van der Waals surface area contributed by atoms with E-state index in [-0.39, 0.29) is 30.1 Å². The number of hydrogen-bond acceptors (Lipinski definition) is 6. The number of thioether (sulfide) groups is 1. The lowest BCUT2D eigenvalue weighted by Gasteiger charge is -2.13. The van der Waals surface area contributed by atoms with Crippen LogP contribution in [0.3, 0.4) is 0 Å². The Kier molecular flexibility index (Phi) is 6.44. The van der Waals surface area contributed by atoms with E-state index >= 15 is 0 Å². The molecule has 1 aromatic carbocycles. The zero-order chi connectivity index (χ0) is 19.9. The molecule has 0 spiro atoms. The molecule has 0 unspecified atom stereocenters. The Hall–Kier alpha value is -3.13. The van der Waals surface area contributed by atoms with E-state index in [1.165, 1.54) is 6.20 Å². The van der Waals surface area contributed by atoms with Crippen LogP contribution in [0.5, 0.6) is 5.88 Å². The zero-order valence-corrected chi connectivity index (χ0v) is 16.1. The largest absolute Gasteiger partial charge is 0.478 e. The third-order valence-corrected chi connectivity index (χ3v) is 4.79. The molecule has 8 heteroatoms. The topological polar surface area (TPSA) is 88.6 Å². The first-order valence-electron chi connectivity index (χ1n) is 8.76. The number of benzene rings is 1. The van der Waals surface area contributed by atoms with Crippen molar-refractivity contribution in [3.63, 3.8) is 0 Å². The first-order valence-corrected chi connectivity index (χ1v) is 9.57. The van der Waals surface area contributed by atoms with Crippen molar-refractivity contribution < 1.29 is 19.1 Å². The highest BCUT2D eigenvalue weighted by Gasteiger charge is 2.34. The summed E-state index contributed by atoms with van der Waals surface area (Å²) in [5.74, 6) is -0.236. The Balaban J connectivity index is 1.54. The molecule has 2 aromatic rings. The molecule has 1 aromatic heterocycles. The predicted octanol–water partition coefficient (Wildman–Crippen LogP) is 2.95. The van der Waals surface area contributed by atoms with Gasteiger partial charge in [-0.1, -0.05) is 30.3 Å². The van der Waals surface area contributed by atoms with Crippen molar-refractivity contribution in [2.45, 2.75) is 6.92 Å². The Morgan fingerprint density at radius 2 is 2.00 bits per heavy atom. The third-order valence-electron chi connectivity index (χ3n) is 3.88. The number of ether oxygens (including phenoxy) is 1. The van der Waals surface area contributed by atoms with E-state index in [0.717, 1.165) is 22.2 Å². The molecule has 28 heavy (non-hydrogen) atoms. The minimum absolute atomic E-state index is 0.104. The first kappa shape index (κ1) is 19.6. The predicted molar refractivity (Wildman–Crippen MR) is 107 cm³/mol. The van der Waals surface area contributed by atoms with Gasteiger partial charge in [-0.3, -0.25) is 19.3 Å². The summed E-state index contributed by atoms with van der Waals surface area (Å²) in [7, 11) is 0. The van der Waals surface area contributed by atoms with E-state index in [1.54, 1.807) is 18.2 Å². The molecule has 7 nitrogen and oxygen atoms in total. The maximum absolute atomic E-state index is 12.4. The van der Waals surface area contributed by atoms with Gasteiger partial charge in [0.1, 0.15) is 0 Å². The Morgan fingerprint density at radius 3 is 2.68 bits per heavy atom. The molecule has 1 aliphatic heterocycles. The van der Waals surface area contributed by atoms with Gasteiger partial charge in [0, 0.05) is 25.4 Å². The zero-order valence-electron chi connectivity index (χ0n) is 15.3. The van der Waals surface area contributed by atoms with Crippen LogP contribution in [0.15, 0.2) is 53.6 Å². The van der Waals surface area contributed by atoms with Crippen molar-refractivity contribution >= 4 is 34.9 Å². The molecule has 1 aliphatic rings. The number of aromatic nitrogens is 1. The fraction of sp³-hybridized carbons (Fsp3) is 0.200. The summed E-state index contributed by atoms with van der Waals surface area (Å²) in [6.07, 6.45) is 3.11. The van der Waals surface area contributed by atoms with Gasteiger partial charge in [-0.2, -0.15) is 0 Å². The minimum atomic E-state index is -0.351. The summed E-state index contributed by atoms with van der Waals surface area (Å²) in [4.78, 5) is 42.3. The summed E-state index contributed by atoms with van der Waals surface area (Å²) in [5.41, 5.74) is 1.23. The number of nitrogens with one attached hydrogen (secondary N) is 1. The molecule has 0 radical (unpaired) electrons. The summed E-state index contributed by atoms with van der Waals surface area (Å²) in [5, 5.41) is 2.34. The molecule has 1 fully saturated rings. The number of pyridine rings is 1. The van der Waals surface area contributed by atoms with E-state index < -0.39 is 0 Å². The first-order chi connectivity index (χ1) is 13.6. The summed E-state index contributed by atoms with van der Waals surface area (Å²) < 4.78 is 5.23. The van der Waals surface area contributed by atoms with Crippen LogP contribution >= 0.6 is 11.8 Å². The van der Waals surface area contributed by atoms with Crippen LogP contribution in [0.4, 0.5) is 4.79 Å². The van der Waals surface area contributed by atoms with Crippen LogP contribution in [-0.2, 0) is 4.79 Å². The molecule has 3 amide bonds. The molecule has 3 rings (SSSR count). The third kappa shape index (κ3) is 4.77. The number of rotatable bonds is 7. The molecular weight excluding hydrogens is 378 g/mol. The summed E-state index contributed by atoms with van der Waals surface area (Å²) in [6.45, 7) is 2.60. The monoisotopic (exact) mass is 397 g/mol. The van der Waals surface area contributed by atoms with Gasteiger partial charge in [-0.05, 0) is 36.4 Å². The average molecular weight is 397 g/mol. The van der Waals surface area contributed by atoms with Gasteiger partial charge in [-0.25, -0.2) is 4.98 Å². The van der Waals surface area contributed by atoms with Crippen molar-refractivity contribution in [2.75, 3.05) is 19.7 Å². The van der Waals surface area contributed by atoms with E-state index in [4.69, 9.17) is 4.74 Å². The second-order valence-electron chi connectivity index (χ2n) is 5.82. The number of amides is 3. The average Bonchev–Trinajstić information content (AvgIpc) is 2.97. The molecular formula is C20H19N3O4S. The van der Waals surface area contributed by atoms with E-state index in [2.05, 4.69) is 10.3 Å². The Bertz CT molecular complexity index is 897. The van der Waals surface area contributed by atoms with Crippen molar-refractivity contribution in [1.29, 1.82) is 0 Å². The maximum Gasteiger partial charge on any atom is 0.293 e. The van der Waals surface area contributed by atoms with Gasteiger partial charge in [0.15, 0.2) is 0 Å². The Labute approximate surface area is 166 Å². The van der Waals surface area contributed by atoms with Crippen molar-refractivity contribution in [3.05, 3.63) is 64.7 Å². The molecule has 1 N–H and O–H groups in total. The number of nitrogens with zero attached hydrogens (tertiary/aromatic N) is 2. The highest BCUT2D eigenvalue weighted by Crippen LogP contribution is 2.31. The highest BCUT2D eigenvalue weighted by molar-refractivity contribution is 8.18. The van der Waals surface area contributed by atoms with E-state index in [1.807, 2.05) is 37.3 Å². The maximum atomic E-state index is 12.4. The van der Waals surface area contributed by atoms with E-state index in [9.17, 15) is 14.4 Å². The second kappa shape index (κ2) is 9.18. The minimum Gasteiger partial charge on any atom is -0.478 e. The lowest BCUT2D eigenvalue weighted by atomic mass is 10.2. The van der Waals surface area contributed by atoms with Gasteiger partial charge >= 0.3 is 0 Å². The number of imide groups is 1. The van der Waals surface area contributed by atoms with Gasteiger partial charge in [-0.15, -0.1) is 0 Å². The van der Waals surface area contributed by atoms with Crippen LogP contribution in [-0.4, -0.2) is 46.6 Å². The van der Waals surface area contributed by atoms with Crippen LogP contribution in [0.2, 0.25) is 0 Å². The lowest BCUT2D eigenvalue weighted by Crippen LogP contribution is -2.37. The van der Waals surface area contributed by atoms with Crippen molar-refractivity contribution in [2.24, 2.45) is 0 Å². The van der Waals surface area contributed by atoms with Gasteiger partial charge in [0.2, 0.25) is 5.88 Å². The van der Waals surface area contributed by atoms with Crippen molar-refractivity contribution in [1.82, 2.24) is 15.2 Å². The number of carbonyl (C=O) groups excluding carboxylic acids is 3. The van der Waals surface area contributed by atoms with Gasteiger partial charge < -0.3 is 10.1 Å². The molecule has 1 saturated heterocycles. The van der Waals surface area contributed by atoms with Crippen LogP contribution < -0.4 is 10.1 Å². The Morgan fingerprint density at radius 1 is 1.21 bits per heavy atom. The van der Waals surface area contributed by atoms with Gasteiger partial charge in [0.05, 0.1) is 17.1 Å². The molecule has 0 saturated carbocycles. The quantitative estimate of drug-likeness (QED) is 0.723. The van der Waals surface area contributed by atoms with Gasteiger partial charge in [0.25, 0.3) is 17.1 Å². The molecule has 2 heterocycles. The summed E-state index contributed by atoms with van der Waals surface area (Å²) >= 11 is 0.900. The van der Waals surface area contributed by atoms with Crippen LogP contribution in [0.1, 0.15) is 22.8 Å². The normalized spacial score (nSPS) is 15.2. The smallest absolute Gasteiger partial charge is 0.293 e. The summed E-state index contributed by atoms with van der Waals surface area (Å²) in [6, 6.07) is 12.5. The van der Waals surface area contributed by atoms with Crippen LogP contribution in [0.25, 0.3) is 6.08 Å². The van der Waals surface area contributed by atoms with Crippen molar-refractivity contribution in [3.8, 4) is 5.88 Å². The SMILES string of the molecule is CCOc1ccc(C(=O)NCCN2C(=O)SC(=Cc3ccccc3)C2=O)cn1. The second-order valence-corrected chi connectivity index (χ2v) is 6.81. The molecule has 0 bridgehead atoms. The fourth-order valence-corrected chi connectivity index (χ4v) is 3.39. The lowest BCUT2D eigenvalue weighted by molar-refractivity contribution is -0.122. The highest BCUT2D eigenvalue weighted by atomic mass is 32.2. The standard InChI is InChI=1S/C20H19N3O4S/c1-2-27-17-9-8-15(13-22-17)18(24)21-10-11-23-19(25)16(28-20(23)26)12-14-6-4-3-5-7-14/h3-9,12-13H,2,10-11H2,1H3,(H,21,24).